The monoisotopic (exact) mass is 324 g/mol. The summed E-state index contributed by atoms with van der Waals surface area (Å²) in [7, 11) is 0. The van der Waals surface area contributed by atoms with Crippen LogP contribution in [0.1, 0.15) is 54.2 Å². The third-order valence-corrected chi connectivity index (χ3v) is 4.44. The molecular formula is C19H24N4O. The second kappa shape index (κ2) is 6.99. The molecule has 1 saturated heterocycles. The molecular weight excluding hydrogens is 300 g/mol. The number of hydrogen-bond acceptors (Lipinski definition) is 4. The summed E-state index contributed by atoms with van der Waals surface area (Å²) in [6, 6.07) is 7.95. The lowest BCUT2D eigenvalue weighted by molar-refractivity contribution is 0.102. The second-order valence-electron chi connectivity index (χ2n) is 6.59. The minimum absolute atomic E-state index is 0.169. The highest BCUT2D eigenvalue weighted by Crippen LogP contribution is 2.19. The van der Waals surface area contributed by atoms with E-state index in [0.717, 1.165) is 24.7 Å². The van der Waals surface area contributed by atoms with Crippen LogP contribution < -0.4 is 10.2 Å². The molecule has 5 heteroatoms. The number of carbonyl (C=O) groups excluding carboxylic acids is 1. The van der Waals surface area contributed by atoms with Crippen LogP contribution in [0.5, 0.6) is 0 Å². The molecule has 1 aromatic heterocycles. The zero-order valence-corrected chi connectivity index (χ0v) is 14.5. The van der Waals surface area contributed by atoms with Crippen molar-refractivity contribution in [2.24, 2.45) is 0 Å². The van der Waals surface area contributed by atoms with Crippen molar-refractivity contribution in [1.82, 2.24) is 9.97 Å². The molecule has 1 aliphatic heterocycles. The van der Waals surface area contributed by atoms with E-state index < -0.39 is 0 Å². The van der Waals surface area contributed by atoms with Crippen molar-refractivity contribution in [2.75, 3.05) is 23.3 Å². The molecule has 0 unspecified atom stereocenters. The van der Waals surface area contributed by atoms with E-state index >= 15 is 0 Å². The zero-order valence-electron chi connectivity index (χ0n) is 14.5. The highest BCUT2D eigenvalue weighted by atomic mass is 16.1. The summed E-state index contributed by atoms with van der Waals surface area (Å²) in [4.78, 5) is 23.5. The van der Waals surface area contributed by atoms with Crippen molar-refractivity contribution in [3.63, 3.8) is 0 Å². The van der Waals surface area contributed by atoms with Crippen molar-refractivity contribution in [3.8, 4) is 0 Å². The van der Waals surface area contributed by atoms with Gasteiger partial charge in [0.2, 0.25) is 5.95 Å². The maximum absolute atomic E-state index is 12.5. The quantitative estimate of drug-likeness (QED) is 0.930. The molecule has 1 amide bonds. The summed E-state index contributed by atoms with van der Waals surface area (Å²) in [5, 5.41) is 2.92. The van der Waals surface area contributed by atoms with E-state index in [0.29, 0.717) is 17.2 Å². The average molecular weight is 324 g/mol. The Labute approximate surface area is 143 Å². The predicted molar refractivity (Wildman–Crippen MR) is 96.7 cm³/mol. The third kappa shape index (κ3) is 3.55. The number of nitrogens with one attached hydrogen (secondary N) is 1. The largest absolute Gasteiger partial charge is 0.341 e. The summed E-state index contributed by atoms with van der Waals surface area (Å²) in [6.45, 7) is 8.14. The number of anilines is 2. The Morgan fingerprint density at radius 1 is 1.17 bits per heavy atom. The smallest absolute Gasteiger partial charge is 0.259 e. The van der Waals surface area contributed by atoms with Gasteiger partial charge in [0.25, 0.3) is 5.91 Å². The topological polar surface area (TPSA) is 58.1 Å². The number of rotatable bonds is 4. The summed E-state index contributed by atoms with van der Waals surface area (Å²) in [5.74, 6) is 1.03. The summed E-state index contributed by atoms with van der Waals surface area (Å²) < 4.78 is 0. The Morgan fingerprint density at radius 2 is 1.83 bits per heavy atom. The highest BCUT2D eigenvalue weighted by Gasteiger charge is 2.18. The van der Waals surface area contributed by atoms with Gasteiger partial charge in [0.15, 0.2) is 0 Å². The number of aromatic nitrogens is 2. The molecule has 5 nitrogen and oxygen atoms in total. The number of benzene rings is 1. The van der Waals surface area contributed by atoms with Crippen LogP contribution in [0, 0.1) is 6.92 Å². The van der Waals surface area contributed by atoms with Crippen molar-refractivity contribution >= 4 is 17.5 Å². The highest BCUT2D eigenvalue weighted by molar-refractivity contribution is 6.04. The first-order valence-electron chi connectivity index (χ1n) is 8.54. The van der Waals surface area contributed by atoms with Crippen LogP contribution in [0.25, 0.3) is 0 Å². The van der Waals surface area contributed by atoms with Gasteiger partial charge in [-0.2, -0.15) is 0 Å². The molecule has 1 aliphatic rings. The molecule has 24 heavy (non-hydrogen) atoms. The van der Waals surface area contributed by atoms with Crippen molar-refractivity contribution in [2.45, 2.75) is 39.5 Å². The van der Waals surface area contributed by atoms with Crippen LogP contribution in [0.15, 0.2) is 30.5 Å². The van der Waals surface area contributed by atoms with Gasteiger partial charge in [0.1, 0.15) is 0 Å². The minimum atomic E-state index is -0.169. The van der Waals surface area contributed by atoms with E-state index in [9.17, 15) is 4.79 Å². The van der Waals surface area contributed by atoms with Crippen LogP contribution in [0.3, 0.4) is 0 Å². The van der Waals surface area contributed by atoms with Crippen LogP contribution >= 0.6 is 0 Å². The van der Waals surface area contributed by atoms with Gasteiger partial charge >= 0.3 is 0 Å². The Kier molecular flexibility index (Phi) is 4.79. The number of carbonyl (C=O) groups is 1. The van der Waals surface area contributed by atoms with Gasteiger partial charge in [-0.1, -0.05) is 26.0 Å². The molecule has 0 aliphatic carbocycles. The molecule has 2 heterocycles. The van der Waals surface area contributed by atoms with Crippen LogP contribution in [-0.4, -0.2) is 29.0 Å². The van der Waals surface area contributed by atoms with Gasteiger partial charge in [-0.3, -0.25) is 4.79 Å². The molecule has 3 rings (SSSR count). The lowest BCUT2D eigenvalue weighted by atomic mass is 10.0. The van der Waals surface area contributed by atoms with Gasteiger partial charge < -0.3 is 10.2 Å². The number of amides is 1. The third-order valence-electron chi connectivity index (χ3n) is 4.44. The second-order valence-corrected chi connectivity index (χ2v) is 6.59. The van der Waals surface area contributed by atoms with E-state index in [1.165, 1.54) is 18.4 Å². The van der Waals surface area contributed by atoms with Gasteiger partial charge in [-0.25, -0.2) is 9.97 Å². The fourth-order valence-corrected chi connectivity index (χ4v) is 2.90. The van der Waals surface area contributed by atoms with E-state index in [-0.39, 0.29) is 5.91 Å². The standard InChI is InChI=1S/C19H24N4O/c1-13(2)15-6-8-16(9-7-15)22-18(24)17-12-20-19(21-14(17)3)23-10-4-5-11-23/h6-9,12-13H,4-5,10-11H2,1-3H3,(H,22,24). The molecule has 126 valence electrons. The average Bonchev–Trinajstić information content (AvgIpc) is 3.09. The fraction of sp³-hybridized carbons (Fsp3) is 0.421. The maximum Gasteiger partial charge on any atom is 0.259 e. The molecule has 1 aromatic carbocycles. The van der Waals surface area contributed by atoms with E-state index in [1.807, 2.05) is 31.2 Å². The molecule has 2 aromatic rings. The first-order chi connectivity index (χ1) is 11.5. The van der Waals surface area contributed by atoms with Crippen LogP contribution in [0.2, 0.25) is 0 Å². The fourth-order valence-electron chi connectivity index (χ4n) is 2.90. The van der Waals surface area contributed by atoms with E-state index in [2.05, 4.69) is 34.0 Å². The van der Waals surface area contributed by atoms with Gasteiger partial charge in [0.05, 0.1) is 11.3 Å². The molecule has 0 bridgehead atoms. The lowest BCUT2D eigenvalue weighted by Gasteiger charge is -2.16. The predicted octanol–water partition coefficient (Wildman–Crippen LogP) is 3.76. The first kappa shape index (κ1) is 16.4. The van der Waals surface area contributed by atoms with Crippen LogP contribution in [0.4, 0.5) is 11.6 Å². The first-order valence-corrected chi connectivity index (χ1v) is 8.54. The van der Waals surface area contributed by atoms with Gasteiger partial charge in [-0.15, -0.1) is 0 Å². The molecule has 0 radical (unpaired) electrons. The minimum Gasteiger partial charge on any atom is -0.341 e. The number of aryl methyl sites for hydroxylation is 1. The molecule has 1 N–H and O–H groups in total. The van der Waals surface area contributed by atoms with Gasteiger partial charge in [-0.05, 0) is 43.4 Å². The van der Waals surface area contributed by atoms with Crippen molar-refractivity contribution < 1.29 is 4.79 Å². The van der Waals surface area contributed by atoms with E-state index in [1.54, 1.807) is 6.20 Å². The summed E-state index contributed by atoms with van der Waals surface area (Å²) in [6.07, 6.45) is 3.99. The molecule has 0 saturated carbocycles. The molecule has 0 spiro atoms. The lowest BCUT2D eigenvalue weighted by Crippen LogP contribution is -2.22. The number of hydrogen-bond donors (Lipinski definition) is 1. The Bertz CT molecular complexity index is 719. The maximum atomic E-state index is 12.5. The van der Waals surface area contributed by atoms with Gasteiger partial charge in [0, 0.05) is 25.0 Å². The van der Waals surface area contributed by atoms with Crippen molar-refractivity contribution in [1.29, 1.82) is 0 Å². The van der Waals surface area contributed by atoms with Crippen molar-refractivity contribution in [3.05, 3.63) is 47.3 Å². The summed E-state index contributed by atoms with van der Waals surface area (Å²) in [5.41, 5.74) is 3.27. The summed E-state index contributed by atoms with van der Waals surface area (Å²) >= 11 is 0. The zero-order chi connectivity index (χ0) is 17.1. The van der Waals surface area contributed by atoms with E-state index in [4.69, 9.17) is 0 Å². The molecule has 0 atom stereocenters. The SMILES string of the molecule is Cc1nc(N2CCCC2)ncc1C(=O)Nc1ccc(C(C)C)cc1. The normalized spacial score (nSPS) is 14.2. The Balaban J connectivity index is 1.72. The Morgan fingerprint density at radius 3 is 2.42 bits per heavy atom. The number of nitrogens with zero attached hydrogens (tertiary/aromatic N) is 3. The molecule has 1 fully saturated rings. The van der Waals surface area contributed by atoms with Crippen LogP contribution in [-0.2, 0) is 0 Å². The Hall–Kier alpha value is -2.43.